The van der Waals surface area contributed by atoms with Crippen molar-refractivity contribution in [3.63, 3.8) is 0 Å². The molecule has 1 heterocycles. The monoisotopic (exact) mass is 342 g/mol. The molecule has 3 aromatic rings. The fraction of sp³-hybridized carbons (Fsp3) is 0.105. The number of hydrogen-bond donors (Lipinski definition) is 1. The fourth-order valence-electron chi connectivity index (χ4n) is 2.28. The first kappa shape index (κ1) is 16.7. The quantitative estimate of drug-likeness (QED) is 0.731. The van der Waals surface area contributed by atoms with Gasteiger partial charge in [-0.2, -0.15) is 0 Å². The van der Waals surface area contributed by atoms with Crippen molar-refractivity contribution in [3.8, 4) is 11.4 Å². The van der Waals surface area contributed by atoms with Crippen LogP contribution in [0.25, 0.3) is 5.69 Å². The van der Waals surface area contributed by atoms with Crippen molar-refractivity contribution in [1.82, 2.24) is 4.57 Å². The molecule has 1 amide bonds. The van der Waals surface area contributed by atoms with Gasteiger partial charge in [0.25, 0.3) is 0 Å². The number of aromatic nitrogens is 1. The lowest BCUT2D eigenvalue weighted by Gasteiger charge is -2.10. The molecule has 3 rings (SSSR count). The molecule has 0 spiro atoms. The highest BCUT2D eigenvalue weighted by Gasteiger charge is 2.09. The van der Waals surface area contributed by atoms with Crippen LogP contribution in [-0.4, -0.2) is 17.1 Å². The molecule has 4 nitrogen and oxygen atoms in total. The molecule has 0 radical (unpaired) electrons. The molecule has 1 aromatic heterocycles. The van der Waals surface area contributed by atoms with Crippen molar-refractivity contribution in [2.75, 3.05) is 11.9 Å². The minimum absolute atomic E-state index is 0.0462. The standard InChI is InChI=1S/C19H16F2N2O2/c20-14-3-6-16(7-4-14)25-12-9-19(24)22-18-13-15(5-8-17(18)21)23-10-1-2-11-23/h1-8,10-11,13H,9,12H2,(H,22,24). The summed E-state index contributed by atoms with van der Waals surface area (Å²) in [6.07, 6.45) is 3.70. The molecule has 0 unspecified atom stereocenters. The summed E-state index contributed by atoms with van der Waals surface area (Å²) < 4.78 is 33.9. The second kappa shape index (κ2) is 7.61. The summed E-state index contributed by atoms with van der Waals surface area (Å²) >= 11 is 0. The summed E-state index contributed by atoms with van der Waals surface area (Å²) in [7, 11) is 0. The van der Waals surface area contributed by atoms with Crippen molar-refractivity contribution >= 4 is 11.6 Å². The van der Waals surface area contributed by atoms with Crippen LogP contribution in [0.2, 0.25) is 0 Å². The lowest BCUT2D eigenvalue weighted by molar-refractivity contribution is -0.116. The van der Waals surface area contributed by atoms with E-state index in [4.69, 9.17) is 4.74 Å². The van der Waals surface area contributed by atoms with Crippen LogP contribution in [0.4, 0.5) is 14.5 Å². The topological polar surface area (TPSA) is 43.3 Å². The highest BCUT2D eigenvalue weighted by Crippen LogP contribution is 2.19. The summed E-state index contributed by atoms with van der Waals surface area (Å²) in [5, 5.41) is 2.54. The van der Waals surface area contributed by atoms with Crippen LogP contribution in [-0.2, 0) is 4.79 Å². The van der Waals surface area contributed by atoms with Crippen LogP contribution in [0.1, 0.15) is 6.42 Å². The van der Waals surface area contributed by atoms with Crippen LogP contribution >= 0.6 is 0 Å². The van der Waals surface area contributed by atoms with Gasteiger partial charge in [-0.1, -0.05) is 0 Å². The average Bonchev–Trinajstić information content (AvgIpc) is 3.13. The van der Waals surface area contributed by atoms with E-state index in [9.17, 15) is 13.6 Å². The Morgan fingerprint density at radius 1 is 1.04 bits per heavy atom. The summed E-state index contributed by atoms with van der Waals surface area (Å²) in [6, 6.07) is 13.7. The third-order valence-electron chi connectivity index (χ3n) is 3.54. The van der Waals surface area contributed by atoms with Gasteiger partial charge < -0.3 is 14.6 Å². The molecular formula is C19H16F2N2O2. The molecule has 0 bridgehead atoms. The number of benzene rings is 2. The zero-order valence-corrected chi connectivity index (χ0v) is 13.3. The highest BCUT2D eigenvalue weighted by molar-refractivity contribution is 5.91. The summed E-state index contributed by atoms with van der Waals surface area (Å²) in [4.78, 5) is 12.0. The molecule has 0 saturated carbocycles. The van der Waals surface area contributed by atoms with Crippen molar-refractivity contribution in [3.05, 3.63) is 78.6 Å². The molecule has 0 aliphatic rings. The van der Waals surface area contributed by atoms with E-state index in [1.54, 1.807) is 12.1 Å². The first-order chi connectivity index (χ1) is 12.1. The van der Waals surface area contributed by atoms with Gasteiger partial charge in [0.1, 0.15) is 17.4 Å². The molecule has 0 fully saturated rings. The molecule has 128 valence electrons. The third kappa shape index (κ3) is 4.44. The van der Waals surface area contributed by atoms with Crippen LogP contribution in [0, 0.1) is 11.6 Å². The van der Waals surface area contributed by atoms with Gasteiger partial charge in [-0.25, -0.2) is 8.78 Å². The lowest BCUT2D eigenvalue weighted by atomic mass is 10.2. The average molecular weight is 342 g/mol. The van der Waals surface area contributed by atoms with Gasteiger partial charge >= 0.3 is 0 Å². The molecular weight excluding hydrogens is 326 g/mol. The second-order valence-electron chi connectivity index (χ2n) is 5.36. The Morgan fingerprint density at radius 2 is 1.76 bits per heavy atom. The van der Waals surface area contributed by atoms with Gasteiger partial charge in [0, 0.05) is 18.1 Å². The Balaban J connectivity index is 1.57. The fourth-order valence-corrected chi connectivity index (χ4v) is 2.28. The maximum Gasteiger partial charge on any atom is 0.227 e. The van der Waals surface area contributed by atoms with Crippen molar-refractivity contribution in [2.24, 2.45) is 0 Å². The number of nitrogens with one attached hydrogen (secondary N) is 1. The van der Waals surface area contributed by atoms with Crippen molar-refractivity contribution in [1.29, 1.82) is 0 Å². The molecule has 0 aliphatic carbocycles. The maximum atomic E-state index is 13.9. The largest absolute Gasteiger partial charge is 0.493 e. The zero-order valence-electron chi connectivity index (χ0n) is 13.3. The number of nitrogens with zero attached hydrogens (tertiary/aromatic N) is 1. The Morgan fingerprint density at radius 3 is 2.48 bits per heavy atom. The van der Waals surface area contributed by atoms with Crippen molar-refractivity contribution < 1.29 is 18.3 Å². The number of carbonyl (C=O) groups excluding carboxylic acids is 1. The van der Waals surface area contributed by atoms with Gasteiger partial charge in [0.15, 0.2) is 0 Å². The van der Waals surface area contributed by atoms with Crippen LogP contribution in [0.3, 0.4) is 0 Å². The van der Waals surface area contributed by atoms with Gasteiger partial charge in [0.05, 0.1) is 18.7 Å². The molecule has 1 N–H and O–H groups in total. The first-order valence-corrected chi connectivity index (χ1v) is 7.73. The first-order valence-electron chi connectivity index (χ1n) is 7.73. The summed E-state index contributed by atoms with van der Waals surface area (Å²) in [5.74, 6) is -0.771. The zero-order chi connectivity index (χ0) is 17.6. The van der Waals surface area contributed by atoms with E-state index in [0.717, 1.165) is 5.69 Å². The van der Waals surface area contributed by atoms with Crippen LogP contribution in [0.15, 0.2) is 67.0 Å². The summed E-state index contributed by atoms with van der Waals surface area (Å²) in [6.45, 7) is 0.108. The summed E-state index contributed by atoms with van der Waals surface area (Å²) in [5.41, 5.74) is 0.849. The highest BCUT2D eigenvalue weighted by atomic mass is 19.1. The number of hydrogen-bond acceptors (Lipinski definition) is 2. The predicted octanol–water partition coefficient (Wildman–Crippen LogP) is 4.16. The number of ether oxygens (including phenoxy) is 1. The molecule has 6 heteroatoms. The van der Waals surface area contributed by atoms with E-state index in [-0.39, 0.29) is 30.4 Å². The predicted molar refractivity (Wildman–Crippen MR) is 90.9 cm³/mol. The molecule has 2 aromatic carbocycles. The third-order valence-corrected chi connectivity index (χ3v) is 3.54. The molecule has 0 aliphatic heterocycles. The molecule has 0 atom stereocenters. The van der Waals surface area contributed by atoms with E-state index < -0.39 is 5.82 Å². The van der Waals surface area contributed by atoms with E-state index >= 15 is 0 Å². The van der Waals surface area contributed by atoms with Crippen LogP contribution < -0.4 is 10.1 Å². The van der Waals surface area contributed by atoms with Crippen molar-refractivity contribution in [2.45, 2.75) is 6.42 Å². The number of halogens is 2. The van der Waals surface area contributed by atoms with E-state index in [1.807, 2.05) is 29.1 Å². The smallest absolute Gasteiger partial charge is 0.227 e. The number of anilines is 1. The van der Waals surface area contributed by atoms with Gasteiger partial charge in [-0.05, 0) is 54.6 Å². The normalized spacial score (nSPS) is 10.5. The van der Waals surface area contributed by atoms with Crippen LogP contribution in [0.5, 0.6) is 5.75 Å². The number of carbonyl (C=O) groups is 1. The van der Waals surface area contributed by atoms with E-state index in [1.165, 1.54) is 30.3 Å². The minimum atomic E-state index is -0.510. The molecule has 0 saturated heterocycles. The Kier molecular flexibility index (Phi) is 5.09. The number of amides is 1. The SMILES string of the molecule is O=C(CCOc1ccc(F)cc1)Nc1cc(-n2cccc2)ccc1F. The Hall–Kier alpha value is -3.15. The number of rotatable bonds is 6. The minimum Gasteiger partial charge on any atom is -0.493 e. The van der Waals surface area contributed by atoms with Gasteiger partial charge in [-0.15, -0.1) is 0 Å². The van der Waals surface area contributed by atoms with E-state index in [0.29, 0.717) is 5.75 Å². The lowest BCUT2D eigenvalue weighted by Crippen LogP contribution is -2.16. The van der Waals surface area contributed by atoms with Gasteiger partial charge in [0.2, 0.25) is 5.91 Å². The molecule has 25 heavy (non-hydrogen) atoms. The van der Waals surface area contributed by atoms with Gasteiger partial charge in [-0.3, -0.25) is 4.79 Å². The second-order valence-corrected chi connectivity index (χ2v) is 5.36. The maximum absolute atomic E-state index is 13.9. The Labute approximate surface area is 143 Å². The Bertz CT molecular complexity index is 846. The van der Waals surface area contributed by atoms with E-state index in [2.05, 4.69) is 5.32 Å².